The van der Waals surface area contributed by atoms with Crippen LogP contribution in [0.15, 0.2) is 63.6 Å². The molecule has 3 rings (SSSR count). The molecule has 0 aliphatic carbocycles. The van der Waals surface area contributed by atoms with Crippen LogP contribution >= 0.6 is 0 Å². The molecule has 1 aromatic heterocycles. The van der Waals surface area contributed by atoms with E-state index in [1.807, 2.05) is 6.07 Å². The van der Waals surface area contributed by atoms with E-state index in [-0.39, 0.29) is 5.69 Å². The molecule has 0 spiro atoms. The fraction of sp³-hybridized carbons (Fsp3) is 0. The normalized spacial score (nSPS) is 10.7. The Balaban J connectivity index is 2.05. The average Bonchev–Trinajstić information content (AvgIpc) is 2.94. The Bertz CT molecular complexity index is 976. The number of nitriles is 1. The Kier molecular flexibility index (Phi) is 3.72. The van der Waals surface area contributed by atoms with E-state index in [2.05, 4.69) is 20.4 Å². The minimum Gasteiger partial charge on any atom is -0.399 e. The van der Waals surface area contributed by atoms with E-state index >= 15 is 0 Å². The van der Waals surface area contributed by atoms with Crippen LogP contribution in [0.5, 0.6) is 0 Å². The van der Waals surface area contributed by atoms with Crippen molar-refractivity contribution in [1.29, 1.82) is 5.26 Å². The number of H-pyrrole nitrogens is 2. The lowest BCUT2D eigenvalue weighted by Gasteiger charge is -2.00. The molecule has 0 saturated heterocycles. The van der Waals surface area contributed by atoms with E-state index in [0.717, 1.165) is 0 Å². The maximum atomic E-state index is 11.9. The molecular weight excluding hydrogens is 292 g/mol. The van der Waals surface area contributed by atoms with Crippen LogP contribution in [0.4, 0.5) is 17.1 Å². The number of nitrogen functional groups attached to an aromatic ring is 1. The van der Waals surface area contributed by atoms with Gasteiger partial charge in [-0.3, -0.25) is 15.0 Å². The molecule has 0 aliphatic heterocycles. The number of nitrogens with two attached hydrogens (primary N) is 1. The van der Waals surface area contributed by atoms with Gasteiger partial charge in [0.05, 0.1) is 11.3 Å². The summed E-state index contributed by atoms with van der Waals surface area (Å²) in [5.41, 5.74) is 8.04. The standard InChI is InChI=1S/C16H12N6O/c17-9-11-4-1-2-7-13(11)19-21-15-14(20-22-16(15)23)10-5-3-6-12(18)8-10/h1-8H,18H2,(H2,20,22,23). The molecule has 7 heteroatoms. The zero-order chi connectivity index (χ0) is 16.2. The zero-order valence-electron chi connectivity index (χ0n) is 11.9. The topological polar surface area (TPSA) is 123 Å². The number of nitrogens with one attached hydrogen (secondary N) is 2. The van der Waals surface area contributed by atoms with Gasteiger partial charge in [-0.25, -0.2) is 0 Å². The minimum atomic E-state index is -0.402. The van der Waals surface area contributed by atoms with E-state index < -0.39 is 5.56 Å². The number of aromatic amines is 2. The largest absolute Gasteiger partial charge is 0.399 e. The molecule has 4 N–H and O–H groups in total. The molecule has 112 valence electrons. The van der Waals surface area contributed by atoms with Crippen LogP contribution in [0, 0.1) is 11.3 Å². The van der Waals surface area contributed by atoms with E-state index in [4.69, 9.17) is 11.0 Å². The number of rotatable bonds is 3. The van der Waals surface area contributed by atoms with Crippen LogP contribution in [-0.2, 0) is 0 Å². The highest BCUT2D eigenvalue weighted by Gasteiger charge is 2.12. The smallest absolute Gasteiger partial charge is 0.292 e. The summed E-state index contributed by atoms with van der Waals surface area (Å²) in [5.74, 6) is 0. The zero-order valence-corrected chi connectivity index (χ0v) is 11.9. The number of anilines is 1. The summed E-state index contributed by atoms with van der Waals surface area (Å²) in [5, 5.41) is 22.3. The van der Waals surface area contributed by atoms with E-state index in [1.54, 1.807) is 48.5 Å². The summed E-state index contributed by atoms with van der Waals surface area (Å²) in [4.78, 5) is 11.9. The van der Waals surface area contributed by atoms with Crippen LogP contribution in [0.3, 0.4) is 0 Å². The van der Waals surface area contributed by atoms with Gasteiger partial charge in [0.1, 0.15) is 11.8 Å². The first-order valence-electron chi connectivity index (χ1n) is 6.76. The van der Waals surface area contributed by atoms with Crippen molar-refractivity contribution in [3.05, 3.63) is 64.4 Å². The summed E-state index contributed by atoms with van der Waals surface area (Å²) < 4.78 is 0. The Morgan fingerprint density at radius 1 is 1.04 bits per heavy atom. The summed E-state index contributed by atoms with van der Waals surface area (Å²) in [6, 6.07) is 15.9. The highest BCUT2D eigenvalue weighted by Crippen LogP contribution is 2.28. The highest BCUT2D eigenvalue weighted by atomic mass is 16.1. The van der Waals surface area contributed by atoms with Gasteiger partial charge in [0.2, 0.25) is 0 Å². The second-order valence-corrected chi connectivity index (χ2v) is 4.76. The number of azo groups is 1. The molecule has 0 radical (unpaired) electrons. The predicted molar refractivity (Wildman–Crippen MR) is 86.6 cm³/mol. The minimum absolute atomic E-state index is 0.128. The lowest BCUT2D eigenvalue weighted by Crippen LogP contribution is -1.96. The second kappa shape index (κ2) is 5.99. The number of aromatic nitrogens is 2. The first kappa shape index (κ1) is 14.3. The third-order valence-electron chi connectivity index (χ3n) is 3.21. The average molecular weight is 304 g/mol. The lowest BCUT2D eigenvalue weighted by molar-refractivity contribution is 1.06. The molecule has 3 aromatic rings. The number of nitrogens with zero attached hydrogens (tertiary/aromatic N) is 3. The summed E-state index contributed by atoms with van der Waals surface area (Å²) >= 11 is 0. The van der Waals surface area contributed by atoms with Gasteiger partial charge in [0.25, 0.3) is 5.56 Å². The molecule has 2 aromatic carbocycles. The van der Waals surface area contributed by atoms with Gasteiger partial charge in [-0.05, 0) is 24.3 Å². The van der Waals surface area contributed by atoms with Crippen LogP contribution < -0.4 is 11.3 Å². The molecule has 0 bridgehead atoms. The molecular formula is C16H12N6O. The van der Waals surface area contributed by atoms with Gasteiger partial charge in [-0.1, -0.05) is 24.3 Å². The van der Waals surface area contributed by atoms with Crippen molar-refractivity contribution < 1.29 is 0 Å². The van der Waals surface area contributed by atoms with Crippen LogP contribution in [-0.4, -0.2) is 10.2 Å². The van der Waals surface area contributed by atoms with Crippen molar-refractivity contribution in [3.63, 3.8) is 0 Å². The van der Waals surface area contributed by atoms with Gasteiger partial charge in [-0.2, -0.15) is 5.26 Å². The van der Waals surface area contributed by atoms with Gasteiger partial charge in [0.15, 0.2) is 5.69 Å². The maximum Gasteiger partial charge on any atom is 0.292 e. The molecule has 0 fully saturated rings. The van der Waals surface area contributed by atoms with Crippen molar-refractivity contribution in [2.75, 3.05) is 5.73 Å². The lowest BCUT2D eigenvalue weighted by atomic mass is 10.1. The molecule has 0 saturated carbocycles. The van der Waals surface area contributed by atoms with Crippen molar-refractivity contribution in [2.24, 2.45) is 10.2 Å². The van der Waals surface area contributed by atoms with Crippen molar-refractivity contribution in [3.8, 4) is 17.3 Å². The Morgan fingerprint density at radius 2 is 1.87 bits per heavy atom. The van der Waals surface area contributed by atoms with Crippen molar-refractivity contribution >= 4 is 17.1 Å². The Morgan fingerprint density at radius 3 is 2.65 bits per heavy atom. The molecule has 1 heterocycles. The Labute approximate surface area is 131 Å². The highest BCUT2D eigenvalue weighted by molar-refractivity contribution is 5.73. The predicted octanol–water partition coefficient (Wildman–Crippen LogP) is 3.24. The monoisotopic (exact) mass is 304 g/mol. The number of benzene rings is 2. The second-order valence-electron chi connectivity index (χ2n) is 4.76. The molecule has 7 nitrogen and oxygen atoms in total. The van der Waals surface area contributed by atoms with Gasteiger partial charge < -0.3 is 5.73 Å². The molecule has 23 heavy (non-hydrogen) atoms. The third-order valence-corrected chi connectivity index (χ3v) is 3.21. The SMILES string of the molecule is N#Cc1ccccc1N=Nc1c(-c2cccc(N)c2)[nH][nH]c1=O. The fourth-order valence-electron chi connectivity index (χ4n) is 2.11. The quantitative estimate of drug-likeness (QED) is 0.508. The third kappa shape index (κ3) is 2.87. The molecule has 0 atom stereocenters. The van der Waals surface area contributed by atoms with E-state index in [1.165, 1.54) is 0 Å². The first-order chi connectivity index (χ1) is 11.2. The molecule has 0 aliphatic rings. The van der Waals surface area contributed by atoms with Gasteiger partial charge >= 0.3 is 0 Å². The maximum absolute atomic E-state index is 11.9. The van der Waals surface area contributed by atoms with Crippen LogP contribution in [0.1, 0.15) is 5.56 Å². The number of hydrogen-bond acceptors (Lipinski definition) is 5. The first-order valence-corrected chi connectivity index (χ1v) is 6.76. The van der Waals surface area contributed by atoms with E-state index in [0.29, 0.717) is 28.2 Å². The molecule has 0 unspecified atom stereocenters. The number of hydrogen-bond donors (Lipinski definition) is 3. The van der Waals surface area contributed by atoms with Crippen LogP contribution in [0.2, 0.25) is 0 Å². The Hall–Kier alpha value is -3.66. The molecule has 0 amide bonds. The summed E-state index contributed by atoms with van der Waals surface area (Å²) in [6.45, 7) is 0. The summed E-state index contributed by atoms with van der Waals surface area (Å²) in [6.07, 6.45) is 0. The van der Waals surface area contributed by atoms with Gasteiger partial charge in [0, 0.05) is 11.3 Å². The summed E-state index contributed by atoms with van der Waals surface area (Å²) in [7, 11) is 0. The van der Waals surface area contributed by atoms with Crippen LogP contribution in [0.25, 0.3) is 11.3 Å². The van der Waals surface area contributed by atoms with Crippen molar-refractivity contribution in [1.82, 2.24) is 10.2 Å². The van der Waals surface area contributed by atoms with Gasteiger partial charge in [-0.15, -0.1) is 10.2 Å². The fourth-order valence-corrected chi connectivity index (χ4v) is 2.11. The van der Waals surface area contributed by atoms with E-state index in [9.17, 15) is 4.79 Å². The van der Waals surface area contributed by atoms with Crippen molar-refractivity contribution in [2.45, 2.75) is 0 Å².